The van der Waals surface area contributed by atoms with Gasteiger partial charge in [0.2, 0.25) is 0 Å². The molecule has 2 aromatic carbocycles. The molecule has 0 aliphatic heterocycles. The van der Waals surface area contributed by atoms with Crippen LogP contribution >= 0.6 is 0 Å². The predicted molar refractivity (Wildman–Crippen MR) is 78.3 cm³/mol. The highest BCUT2D eigenvalue weighted by molar-refractivity contribution is 7.92. The number of hydrogen-bond acceptors (Lipinski definition) is 4. The summed E-state index contributed by atoms with van der Waals surface area (Å²) >= 11 is 0. The van der Waals surface area contributed by atoms with Gasteiger partial charge in [0.25, 0.3) is 10.0 Å². The molecule has 0 radical (unpaired) electrons. The fourth-order valence-electron chi connectivity index (χ4n) is 1.68. The Morgan fingerprint density at radius 2 is 1.70 bits per heavy atom. The molecule has 3 N–H and O–H groups in total. The number of sulfonamides is 1. The van der Waals surface area contributed by atoms with Crippen molar-refractivity contribution < 1.29 is 18.5 Å². The van der Waals surface area contributed by atoms with E-state index in [2.05, 4.69) is 4.72 Å². The maximum absolute atomic E-state index is 12.2. The van der Waals surface area contributed by atoms with Gasteiger partial charge in [-0.15, -0.1) is 0 Å². The Kier molecular flexibility index (Phi) is 4.13. The van der Waals surface area contributed by atoms with Crippen molar-refractivity contribution in [1.82, 2.24) is 0 Å². The van der Waals surface area contributed by atoms with Gasteiger partial charge in [0.1, 0.15) is 0 Å². The van der Waals surface area contributed by atoms with E-state index in [-0.39, 0.29) is 10.4 Å². The normalized spacial score (nSPS) is 11.2. The molecular formula is C13H14BNO4S. The number of nitrogens with one attached hydrogen (secondary N) is 1. The summed E-state index contributed by atoms with van der Waals surface area (Å²) < 4.78 is 26.8. The van der Waals surface area contributed by atoms with Crippen molar-refractivity contribution in [2.75, 3.05) is 4.72 Å². The van der Waals surface area contributed by atoms with E-state index in [1.807, 2.05) is 6.92 Å². The molecule has 0 saturated carbocycles. The van der Waals surface area contributed by atoms with Crippen LogP contribution in [-0.2, 0) is 10.0 Å². The van der Waals surface area contributed by atoms with Crippen molar-refractivity contribution in [3.05, 3.63) is 54.1 Å². The SMILES string of the molecule is Cc1ccc(NS(=O)(=O)c2cccc(B(O)O)c2)cc1. The molecule has 0 heterocycles. The van der Waals surface area contributed by atoms with Gasteiger partial charge in [-0.2, -0.15) is 0 Å². The summed E-state index contributed by atoms with van der Waals surface area (Å²) in [5, 5.41) is 18.1. The molecule has 0 saturated heterocycles. The molecule has 0 aliphatic rings. The van der Waals surface area contributed by atoms with E-state index in [4.69, 9.17) is 10.0 Å². The minimum atomic E-state index is -3.75. The predicted octanol–water partition coefficient (Wildman–Crippen LogP) is 0.476. The fraction of sp³-hybridized carbons (Fsp3) is 0.0769. The molecular weight excluding hydrogens is 277 g/mol. The van der Waals surface area contributed by atoms with Crippen molar-refractivity contribution >= 4 is 28.3 Å². The third-order valence-corrected chi connectivity index (χ3v) is 4.15. The molecule has 5 nitrogen and oxygen atoms in total. The van der Waals surface area contributed by atoms with Gasteiger partial charge in [0.05, 0.1) is 4.90 Å². The first-order valence-electron chi connectivity index (χ1n) is 5.94. The third kappa shape index (κ3) is 3.38. The minimum Gasteiger partial charge on any atom is -0.423 e. The lowest BCUT2D eigenvalue weighted by molar-refractivity contribution is 0.425. The summed E-state index contributed by atoms with van der Waals surface area (Å²) in [4.78, 5) is -0.0244. The van der Waals surface area contributed by atoms with Gasteiger partial charge in [0, 0.05) is 5.69 Å². The van der Waals surface area contributed by atoms with Crippen LogP contribution in [0.25, 0.3) is 0 Å². The zero-order valence-electron chi connectivity index (χ0n) is 10.8. The van der Waals surface area contributed by atoms with Crippen LogP contribution in [0.1, 0.15) is 5.56 Å². The smallest absolute Gasteiger partial charge is 0.423 e. The Bertz CT molecular complexity index is 699. The van der Waals surface area contributed by atoms with Crippen LogP contribution in [0.4, 0.5) is 5.69 Å². The van der Waals surface area contributed by atoms with Crippen molar-refractivity contribution in [2.24, 2.45) is 0 Å². The molecule has 20 heavy (non-hydrogen) atoms. The zero-order valence-corrected chi connectivity index (χ0v) is 11.6. The average molecular weight is 291 g/mol. The number of anilines is 1. The van der Waals surface area contributed by atoms with E-state index >= 15 is 0 Å². The average Bonchev–Trinajstić information content (AvgIpc) is 2.41. The van der Waals surface area contributed by atoms with Crippen LogP contribution in [-0.4, -0.2) is 25.6 Å². The lowest BCUT2D eigenvalue weighted by atomic mass is 9.81. The summed E-state index contributed by atoms with van der Waals surface area (Å²) in [7, 11) is -5.46. The van der Waals surface area contributed by atoms with Crippen molar-refractivity contribution in [3.8, 4) is 0 Å². The molecule has 2 rings (SSSR count). The van der Waals surface area contributed by atoms with E-state index in [1.165, 1.54) is 24.3 Å². The first-order valence-corrected chi connectivity index (χ1v) is 7.42. The van der Waals surface area contributed by atoms with Crippen molar-refractivity contribution in [3.63, 3.8) is 0 Å². The van der Waals surface area contributed by atoms with Gasteiger partial charge in [0.15, 0.2) is 0 Å². The molecule has 0 fully saturated rings. The van der Waals surface area contributed by atoms with Gasteiger partial charge in [-0.3, -0.25) is 4.72 Å². The largest absolute Gasteiger partial charge is 0.488 e. The first-order chi connectivity index (χ1) is 9.38. The second kappa shape index (κ2) is 5.66. The molecule has 2 aromatic rings. The summed E-state index contributed by atoms with van der Waals surface area (Å²) in [6, 6.07) is 12.4. The van der Waals surface area contributed by atoms with Gasteiger partial charge in [-0.1, -0.05) is 29.8 Å². The minimum absolute atomic E-state index is 0.0244. The quantitative estimate of drug-likeness (QED) is 0.715. The van der Waals surface area contributed by atoms with E-state index in [9.17, 15) is 8.42 Å². The Hall–Kier alpha value is -1.83. The summed E-state index contributed by atoms with van der Waals surface area (Å²) in [6.07, 6.45) is 0. The molecule has 0 aliphatic carbocycles. The lowest BCUT2D eigenvalue weighted by Gasteiger charge is -2.09. The highest BCUT2D eigenvalue weighted by Gasteiger charge is 2.18. The third-order valence-electron chi connectivity index (χ3n) is 2.77. The second-order valence-electron chi connectivity index (χ2n) is 4.42. The Morgan fingerprint density at radius 3 is 2.30 bits per heavy atom. The lowest BCUT2D eigenvalue weighted by Crippen LogP contribution is -2.30. The van der Waals surface area contributed by atoms with Crippen LogP contribution in [0.3, 0.4) is 0 Å². The Labute approximate surface area is 118 Å². The van der Waals surface area contributed by atoms with E-state index in [1.54, 1.807) is 24.3 Å². The summed E-state index contributed by atoms with van der Waals surface area (Å²) in [5.41, 5.74) is 1.60. The Morgan fingerprint density at radius 1 is 1.05 bits per heavy atom. The first kappa shape index (κ1) is 14.6. The van der Waals surface area contributed by atoms with E-state index in [0.717, 1.165) is 5.56 Å². The molecule has 0 atom stereocenters. The number of aryl methyl sites for hydroxylation is 1. The number of rotatable bonds is 4. The van der Waals surface area contributed by atoms with Crippen LogP contribution in [0.5, 0.6) is 0 Å². The molecule has 104 valence electrons. The highest BCUT2D eigenvalue weighted by atomic mass is 32.2. The van der Waals surface area contributed by atoms with Crippen molar-refractivity contribution in [2.45, 2.75) is 11.8 Å². The number of benzene rings is 2. The zero-order chi connectivity index (χ0) is 14.8. The van der Waals surface area contributed by atoms with Crippen molar-refractivity contribution in [1.29, 1.82) is 0 Å². The standard InChI is InChI=1S/C13H14BNO4S/c1-10-5-7-12(8-6-10)15-20(18,19)13-4-2-3-11(9-13)14(16)17/h2-9,15-17H,1H3. The topological polar surface area (TPSA) is 86.6 Å². The van der Waals surface area contributed by atoms with Gasteiger partial charge in [-0.25, -0.2) is 8.42 Å². The second-order valence-corrected chi connectivity index (χ2v) is 6.10. The van der Waals surface area contributed by atoms with Crippen LogP contribution < -0.4 is 10.2 Å². The molecule has 0 unspecified atom stereocenters. The maximum atomic E-state index is 12.2. The fourth-order valence-corrected chi connectivity index (χ4v) is 2.79. The highest BCUT2D eigenvalue weighted by Crippen LogP contribution is 2.15. The van der Waals surface area contributed by atoms with E-state index in [0.29, 0.717) is 5.69 Å². The van der Waals surface area contributed by atoms with Crippen LogP contribution in [0.15, 0.2) is 53.4 Å². The van der Waals surface area contributed by atoms with Crippen LogP contribution in [0, 0.1) is 6.92 Å². The molecule has 0 bridgehead atoms. The monoisotopic (exact) mass is 291 g/mol. The molecule has 7 heteroatoms. The maximum Gasteiger partial charge on any atom is 0.488 e. The molecule has 0 spiro atoms. The number of hydrogen-bond donors (Lipinski definition) is 3. The summed E-state index contributed by atoms with van der Waals surface area (Å²) in [6.45, 7) is 1.91. The molecule has 0 amide bonds. The van der Waals surface area contributed by atoms with Gasteiger partial charge >= 0.3 is 7.12 Å². The van der Waals surface area contributed by atoms with E-state index < -0.39 is 17.1 Å². The van der Waals surface area contributed by atoms with Gasteiger partial charge in [-0.05, 0) is 36.7 Å². The Balaban J connectivity index is 2.30. The van der Waals surface area contributed by atoms with Gasteiger partial charge < -0.3 is 10.0 Å². The summed E-state index contributed by atoms with van der Waals surface area (Å²) in [5.74, 6) is 0. The molecule has 0 aromatic heterocycles. The van der Waals surface area contributed by atoms with Crippen LogP contribution in [0.2, 0.25) is 0 Å².